The molecule has 1 fully saturated rings. The maximum atomic E-state index is 5.94. The first-order valence-electron chi connectivity index (χ1n) is 8.36. The molecule has 1 atom stereocenters. The van der Waals surface area contributed by atoms with Crippen molar-refractivity contribution in [1.29, 1.82) is 0 Å². The third-order valence-electron chi connectivity index (χ3n) is 4.46. The maximum absolute atomic E-state index is 5.94. The Hall–Kier alpha value is -0.570. The van der Waals surface area contributed by atoms with Crippen molar-refractivity contribution in [3.05, 3.63) is 34.9 Å². The summed E-state index contributed by atoms with van der Waals surface area (Å²) in [5, 5.41) is 4.39. The Morgan fingerprint density at radius 2 is 1.81 bits per heavy atom. The molecule has 1 aromatic carbocycles. The Morgan fingerprint density at radius 1 is 1.14 bits per heavy atom. The molecular formula is C18H29ClN2. The summed E-state index contributed by atoms with van der Waals surface area (Å²) in [6.07, 6.45) is 8.10. The molecule has 1 aliphatic rings. The van der Waals surface area contributed by atoms with Crippen LogP contribution in [0.15, 0.2) is 24.3 Å². The molecule has 0 saturated heterocycles. The molecule has 0 amide bonds. The molecule has 1 aliphatic carbocycles. The van der Waals surface area contributed by atoms with Gasteiger partial charge in [0.1, 0.15) is 0 Å². The van der Waals surface area contributed by atoms with E-state index in [-0.39, 0.29) is 0 Å². The molecule has 0 spiro atoms. The number of nitrogens with one attached hydrogen (secondary N) is 1. The fourth-order valence-corrected chi connectivity index (χ4v) is 2.75. The zero-order valence-corrected chi connectivity index (χ0v) is 14.2. The van der Waals surface area contributed by atoms with Gasteiger partial charge in [0.05, 0.1) is 0 Å². The van der Waals surface area contributed by atoms with Crippen molar-refractivity contribution in [2.45, 2.75) is 57.5 Å². The molecule has 1 N–H and O–H groups in total. The predicted molar refractivity (Wildman–Crippen MR) is 92.0 cm³/mol. The highest BCUT2D eigenvalue weighted by molar-refractivity contribution is 6.30. The van der Waals surface area contributed by atoms with Crippen LogP contribution >= 0.6 is 11.6 Å². The number of benzene rings is 1. The number of halogens is 1. The zero-order valence-electron chi connectivity index (χ0n) is 13.4. The average Bonchev–Trinajstić information content (AvgIpc) is 3.30. The van der Waals surface area contributed by atoms with Crippen molar-refractivity contribution in [2.75, 3.05) is 20.1 Å². The third kappa shape index (κ3) is 6.37. The van der Waals surface area contributed by atoms with Crippen molar-refractivity contribution in [2.24, 2.45) is 0 Å². The fraction of sp³-hybridized carbons (Fsp3) is 0.667. The van der Waals surface area contributed by atoms with Crippen LogP contribution in [0.4, 0.5) is 0 Å². The molecule has 1 unspecified atom stereocenters. The molecule has 0 bridgehead atoms. The van der Waals surface area contributed by atoms with Gasteiger partial charge in [0.25, 0.3) is 0 Å². The summed E-state index contributed by atoms with van der Waals surface area (Å²) < 4.78 is 0. The number of unbranched alkanes of at least 4 members (excludes halogenated alkanes) is 3. The van der Waals surface area contributed by atoms with Gasteiger partial charge in [-0.2, -0.15) is 0 Å². The summed E-state index contributed by atoms with van der Waals surface area (Å²) in [4.78, 5) is 2.44. The largest absolute Gasteiger partial charge is 0.314 e. The molecule has 118 valence electrons. The highest BCUT2D eigenvalue weighted by Crippen LogP contribution is 2.21. The number of hydrogen-bond acceptors (Lipinski definition) is 2. The van der Waals surface area contributed by atoms with Gasteiger partial charge in [-0.15, -0.1) is 0 Å². The normalized spacial score (nSPS) is 16.4. The van der Waals surface area contributed by atoms with Gasteiger partial charge in [0.2, 0.25) is 0 Å². The quantitative estimate of drug-likeness (QED) is 0.633. The SMILES string of the molecule is CC(c1ccc(Cl)cc1)N(C)CCCCCCNC1CC1. The summed E-state index contributed by atoms with van der Waals surface area (Å²) >= 11 is 5.94. The van der Waals surface area contributed by atoms with Gasteiger partial charge >= 0.3 is 0 Å². The molecule has 1 aromatic rings. The van der Waals surface area contributed by atoms with E-state index in [2.05, 4.69) is 36.3 Å². The molecule has 0 aromatic heterocycles. The van der Waals surface area contributed by atoms with Gasteiger partial charge in [-0.25, -0.2) is 0 Å². The lowest BCUT2D eigenvalue weighted by atomic mass is 10.1. The van der Waals surface area contributed by atoms with E-state index in [4.69, 9.17) is 11.6 Å². The van der Waals surface area contributed by atoms with Gasteiger partial charge in [0, 0.05) is 17.1 Å². The Balaban J connectivity index is 1.55. The second-order valence-electron chi connectivity index (χ2n) is 6.35. The van der Waals surface area contributed by atoms with E-state index in [0.29, 0.717) is 6.04 Å². The highest BCUT2D eigenvalue weighted by Gasteiger charge is 2.19. The van der Waals surface area contributed by atoms with E-state index in [9.17, 15) is 0 Å². The minimum atomic E-state index is 0.457. The molecular weight excluding hydrogens is 280 g/mol. The van der Waals surface area contributed by atoms with Crippen LogP contribution in [0.3, 0.4) is 0 Å². The summed E-state index contributed by atoms with van der Waals surface area (Å²) in [6, 6.07) is 9.54. The molecule has 3 heteroatoms. The Morgan fingerprint density at radius 3 is 2.48 bits per heavy atom. The number of hydrogen-bond donors (Lipinski definition) is 1. The molecule has 2 nitrogen and oxygen atoms in total. The smallest absolute Gasteiger partial charge is 0.0406 e. The topological polar surface area (TPSA) is 15.3 Å². The number of nitrogens with zero attached hydrogens (tertiary/aromatic N) is 1. The summed E-state index contributed by atoms with van der Waals surface area (Å²) in [5.74, 6) is 0. The van der Waals surface area contributed by atoms with Crippen LogP contribution in [0, 0.1) is 0 Å². The summed E-state index contributed by atoms with van der Waals surface area (Å²) in [7, 11) is 2.22. The van der Waals surface area contributed by atoms with E-state index in [1.165, 1.54) is 57.2 Å². The van der Waals surface area contributed by atoms with Crippen molar-refractivity contribution in [1.82, 2.24) is 10.2 Å². The van der Waals surface area contributed by atoms with E-state index < -0.39 is 0 Å². The van der Waals surface area contributed by atoms with Crippen LogP contribution < -0.4 is 5.32 Å². The lowest BCUT2D eigenvalue weighted by molar-refractivity contribution is 0.255. The fourth-order valence-electron chi connectivity index (χ4n) is 2.62. The van der Waals surface area contributed by atoms with Crippen molar-refractivity contribution in [3.8, 4) is 0 Å². The third-order valence-corrected chi connectivity index (χ3v) is 4.71. The predicted octanol–water partition coefficient (Wildman–Crippen LogP) is 4.65. The molecule has 0 radical (unpaired) electrons. The highest BCUT2D eigenvalue weighted by atomic mass is 35.5. The summed E-state index contributed by atoms with van der Waals surface area (Å²) in [6.45, 7) is 4.64. The van der Waals surface area contributed by atoms with E-state index in [0.717, 1.165) is 11.1 Å². The molecule has 0 heterocycles. The number of rotatable bonds is 10. The van der Waals surface area contributed by atoms with Crippen LogP contribution in [-0.2, 0) is 0 Å². The van der Waals surface area contributed by atoms with Crippen LogP contribution in [0.25, 0.3) is 0 Å². The monoisotopic (exact) mass is 308 g/mol. The van der Waals surface area contributed by atoms with Gasteiger partial charge in [-0.1, -0.05) is 36.6 Å². The van der Waals surface area contributed by atoms with Crippen molar-refractivity contribution < 1.29 is 0 Å². The van der Waals surface area contributed by atoms with Gasteiger partial charge in [-0.3, -0.25) is 4.90 Å². The van der Waals surface area contributed by atoms with E-state index in [1.807, 2.05) is 12.1 Å². The average molecular weight is 309 g/mol. The zero-order chi connectivity index (χ0) is 15.1. The minimum Gasteiger partial charge on any atom is -0.314 e. The van der Waals surface area contributed by atoms with E-state index in [1.54, 1.807) is 0 Å². The maximum Gasteiger partial charge on any atom is 0.0406 e. The molecule has 1 saturated carbocycles. The van der Waals surface area contributed by atoms with Crippen LogP contribution in [0.5, 0.6) is 0 Å². The van der Waals surface area contributed by atoms with E-state index >= 15 is 0 Å². The van der Waals surface area contributed by atoms with Gasteiger partial charge < -0.3 is 5.32 Å². The second-order valence-corrected chi connectivity index (χ2v) is 6.79. The van der Waals surface area contributed by atoms with Crippen molar-refractivity contribution in [3.63, 3.8) is 0 Å². The lowest BCUT2D eigenvalue weighted by Gasteiger charge is -2.25. The van der Waals surface area contributed by atoms with Crippen LogP contribution in [0.2, 0.25) is 5.02 Å². The van der Waals surface area contributed by atoms with Crippen molar-refractivity contribution >= 4 is 11.6 Å². The van der Waals surface area contributed by atoms with Gasteiger partial charge in [0.15, 0.2) is 0 Å². The molecule has 21 heavy (non-hydrogen) atoms. The first kappa shape index (κ1) is 16.8. The summed E-state index contributed by atoms with van der Waals surface area (Å²) in [5.41, 5.74) is 1.34. The van der Waals surface area contributed by atoms with Gasteiger partial charge in [-0.05, 0) is 70.4 Å². The first-order valence-corrected chi connectivity index (χ1v) is 8.73. The van der Waals surface area contributed by atoms with Crippen LogP contribution in [-0.4, -0.2) is 31.1 Å². The second kappa shape index (κ2) is 8.77. The minimum absolute atomic E-state index is 0.457. The Labute approximate surface area is 134 Å². The van der Waals surface area contributed by atoms with Crippen LogP contribution in [0.1, 0.15) is 57.1 Å². The Bertz CT molecular complexity index is 400. The molecule has 2 rings (SSSR count). The Kier molecular flexibility index (Phi) is 7.01. The molecule has 0 aliphatic heterocycles. The standard InChI is InChI=1S/C18H29ClN2/c1-15(16-7-9-17(19)10-8-16)21(2)14-6-4-3-5-13-20-18-11-12-18/h7-10,15,18,20H,3-6,11-14H2,1-2H3. The lowest BCUT2D eigenvalue weighted by Crippen LogP contribution is -2.23. The first-order chi connectivity index (χ1) is 10.2.